The van der Waals surface area contributed by atoms with E-state index < -0.39 is 6.10 Å². The average Bonchev–Trinajstić information content (AvgIpc) is 2.16. The number of rotatable bonds is 4. The van der Waals surface area contributed by atoms with Crippen LogP contribution in [-0.4, -0.2) is 24.4 Å². The first-order valence-corrected chi connectivity index (χ1v) is 4.79. The molecule has 1 unspecified atom stereocenters. The van der Waals surface area contributed by atoms with Crippen LogP contribution in [0.25, 0.3) is 0 Å². The molecule has 14 heavy (non-hydrogen) atoms. The van der Waals surface area contributed by atoms with Gasteiger partial charge in [0.2, 0.25) is 0 Å². The zero-order chi connectivity index (χ0) is 10.6. The van der Waals surface area contributed by atoms with Crippen molar-refractivity contribution < 1.29 is 9.84 Å². The first-order chi connectivity index (χ1) is 6.65. The molecule has 0 radical (unpaired) electrons. The summed E-state index contributed by atoms with van der Waals surface area (Å²) < 4.78 is 5.36. The third kappa shape index (κ3) is 2.87. The van der Waals surface area contributed by atoms with Gasteiger partial charge in [0, 0.05) is 6.54 Å². The molecular weight excluding hydrogens is 202 g/mol. The van der Waals surface area contributed by atoms with Crippen LogP contribution in [0.3, 0.4) is 0 Å². The lowest BCUT2D eigenvalue weighted by molar-refractivity contribution is 0.114. The summed E-state index contributed by atoms with van der Waals surface area (Å²) >= 11 is 5.92. The topological polar surface area (TPSA) is 55.5 Å². The molecule has 78 valence electrons. The maximum Gasteiger partial charge on any atom is 0.140 e. The van der Waals surface area contributed by atoms with Gasteiger partial charge in [-0.25, -0.2) is 0 Å². The summed E-state index contributed by atoms with van der Waals surface area (Å²) in [6, 6.07) is 5.50. The van der Waals surface area contributed by atoms with Crippen molar-refractivity contribution in [1.29, 1.82) is 0 Å². The van der Waals surface area contributed by atoms with Gasteiger partial charge in [-0.2, -0.15) is 0 Å². The van der Waals surface area contributed by atoms with Crippen LogP contribution in [0.1, 0.15) is 5.56 Å². The maximum atomic E-state index is 9.21. The average molecular weight is 216 g/mol. The minimum Gasteiger partial charge on any atom is -0.489 e. The molecule has 0 aromatic heterocycles. The fourth-order valence-electron chi connectivity index (χ4n) is 1.05. The van der Waals surface area contributed by atoms with Gasteiger partial charge in [-0.1, -0.05) is 23.7 Å². The van der Waals surface area contributed by atoms with Gasteiger partial charge in [0.1, 0.15) is 18.5 Å². The van der Waals surface area contributed by atoms with Crippen LogP contribution < -0.4 is 10.5 Å². The van der Waals surface area contributed by atoms with Crippen LogP contribution in [0.15, 0.2) is 18.2 Å². The molecule has 0 aliphatic heterocycles. The first kappa shape index (κ1) is 11.3. The summed E-state index contributed by atoms with van der Waals surface area (Å²) in [6.45, 7) is 2.25. The summed E-state index contributed by atoms with van der Waals surface area (Å²) in [5.41, 5.74) is 6.20. The zero-order valence-electron chi connectivity index (χ0n) is 8.03. The lowest BCUT2D eigenvalue weighted by Gasteiger charge is -2.13. The van der Waals surface area contributed by atoms with Gasteiger partial charge in [0.25, 0.3) is 0 Å². The molecule has 0 saturated heterocycles. The minimum atomic E-state index is -0.648. The Kier molecular flexibility index (Phi) is 4.20. The molecule has 0 fully saturated rings. The molecule has 0 aliphatic rings. The van der Waals surface area contributed by atoms with Crippen LogP contribution in [-0.2, 0) is 0 Å². The van der Waals surface area contributed by atoms with E-state index in [0.29, 0.717) is 10.8 Å². The highest BCUT2D eigenvalue weighted by Crippen LogP contribution is 2.27. The Bertz CT molecular complexity index is 284. The third-order valence-corrected chi connectivity index (χ3v) is 2.15. The smallest absolute Gasteiger partial charge is 0.140 e. The van der Waals surface area contributed by atoms with Crippen molar-refractivity contribution in [3.05, 3.63) is 28.8 Å². The summed E-state index contributed by atoms with van der Waals surface area (Å²) in [4.78, 5) is 0. The normalized spacial score (nSPS) is 12.6. The standard InChI is InChI=1S/C10H14ClNO2/c1-7-3-2-4-9(11)10(7)14-6-8(13)5-12/h2-4,8,13H,5-6,12H2,1H3. The van der Waals surface area contributed by atoms with Crippen molar-refractivity contribution in [3.8, 4) is 5.75 Å². The summed E-state index contributed by atoms with van der Waals surface area (Å²) in [5.74, 6) is 0.613. The summed E-state index contributed by atoms with van der Waals surface area (Å²) in [7, 11) is 0. The van der Waals surface area contributed by atoms with Gasteiger partial charge in [-0.15, -0.1) is 0 Å². The number of aryl methyl sites for hydroxylation is 1. The van der Waals surface area contributed by atoms with Gasteiger partial charge in [-0.05, 0) is 18.6 Å². The Balaban J connectivity index is 2.66. The number of aliphatic hydroxyl groups excluding tert-OH is 1. The maximum absolute atomic E-state index is 9.21. The number of aliphatic hydroxyl groups is 1. The molecule has 0 bridgehead atoms. The molecule has 0 spiro atoms. The molecule has 4 heteroatoms. The molecule has 1 aromatic rings. The van der Waals surface area contributed by atoms with E-state index in [0.717, 1.165) is 5.56 Å². The van der Waals surface area contributed by atoms with Gasteiger partial charge in [0.05, 0.1) is 5.02 Å². The Morgan fingerprint density at radius 1 is 1.57 bits per heavy atom. The van der Waals surface area contributed by atoms with Gasteiger partial charge >= 0.3 is 0 Å². The van der Waals surface area contributed by atoms with E-state index >= 15 is 0 Å². The second-order valence-electron chi connectivity index (χ2n) is 3.09. The number of para-hydroxylation sites is 1. The van der Waals surface area contributed by atoms with E-state index in [9.17, 15) is 5.11 Å². The van der Waals surface area contributed by atoms with Gasteiger partial charge < -0.3 is 15.6 Å². The van der Waals surface area contributed by atoms with E-state index in [1.165, 1.54) is 0 Å². The number of nitrogens with two attached hydrogens (primary N) is 1. The molecule has 0 saturated carbocycles. The predicted molar refractivity (Wildman–Crippen MR) is 56.7 cm³/mol. The second kappa shape index (κ2) is 5.20. The lowest BCUT2D eigenvalue weighted by atomic mass is 10.2. The lowest BCUT2D eigenvalue weighted by Crippen LogP contribution is -2.26. The fourth-order valence-corrected chi connectivity index (χ4v) is 1.32. The van der Waals surface area contributed by atoms with Crippen molar-refractivity contribution in [1.82, 2.24) is 0 Å². The molecule has 1 rings (SSSR count). The van der Waals surface area contributed by atoms with Gasteiger partial charge in [0.15, 0.2) is 0 Å². The highest BCUT2D eigenvalue weighted by Gasteiger charge is 2.07. The number of hydrogen-bond acceptors (Lipinski definition) is 3. The monoisotopic (exact) mass is 215 g/mol. The van der Waals surface area contributed by atoms with Crippen LogP contribution >= 0.6 is 11.6 Å². The second-order valence-corrected chi connectivity index (χ2v) is 3.49. The molecule has 1 aromatic carbocycles. The van der Waals surface area contributed by atoms with E-state index in [-0.39, 0.29) is 13.2 Å². The molecule has 3 nitrogen and oxygen atoms in total. The van der Waals surface area contributed by atoms with Crippen molar-refractivity contribution in [2.75, 3.05) is 13.2 Å². The van der Waals surface area contributed by atoms with Crippen LogP contribution in [0.4, 0.5) is 0 Å². The number of benzene rings is 1. The predicted octanol–water partition coefficient (Wildman–Crippen LogP) is 1.35. The molecule has 0 heterocycles. The SMILES string of the molecule is Cc1cccc(Cl)c1OCC(O)CN. The van der Waals surface area contributed by atoms with Crippen LogP contribution in [0.2, 0.25) is 5.02 Å². The Labute approximate surface area is 88.4 Å². The largest absolute Gasteiger partial charge is 0.489 e. The Morgan fingerprint density at radius 3 is 2.86 bits per heavy atom. The van der Waals surface area contributed by atoms with Crippen molar-refractivity contribution in [3.63, 3.8) is 0 Å². The van der Waals surface area contributed by atoms with Gasteiger partial charge in [-0.3, -0.25) is 0 Å². The molecule has 1 atom stereocenters. The van der Waals surface area contributed by atoms with Crippen molar-refractivity contribution in [2.24, 2.45) is 5.73 Å². The van der Waals surface area contributed by atoms with E-state index in [2.05, 4.69) is 0 Å². The third-order valence-electron chi connectivity index (χ3n) is 1.86. The Morgan fingerprint density at radius 2 is 2.29 bits per heavy atom. The summed E-state index contributed by atoms with van der Waals surface area (Å²) in [5, 5.41) is 9.76. The van der Waals surface area contributed by atoms with Crippen molar-refractivity contribution in [2.45, 2.75) is 13.0 Å². The highest BCUT2D eigenvalue weighted by molar-refractivity contribution is 6.32. The minimum absolute atomic E-state index is 0.168. The molecular formula is C10H14ClNO2. The molecule has 0 aliphatic carbocycles. The Hall–Kier alpha value is -0.770. The first-order valence-electron chi connectivity index (χ1n) is 4.41. The van der Waals surface area contributed by atoms with E-state index in [1.54, 1.807) is 6.07 Å². The number of hydrogen-bond donors (Lipinski definition) is 2. The van der Waals surface area contributed by atoms with E-state index in [1.807, 2.05) is 19.1 Å². The molecule has 0 amide bonds. The number of ether oxygens (including phenoxy) is 1. The van der Waals surface area contributed by atoms with Crippen molar-refractivity contribution >= 4 is 11.6 Å². The van der Waals surface area contributed by atoms with Crippen LogP contribution in [0.5, 0.6) is 5.75 Å². The number of halogens is 1. The van der Waals surface area contributed by atoms with Crippen LogP contribution in [0, 0.1) is 6.92 Å². The quantitative estimate of drug-likeness (QED) is 0.797. The fraction of sp³-hybridized carbons (Fsp3) is 0.400. The zero-order valence-corrected chi connectivity index (χ0v) is 8.79. The molecule has 3 N–H and O–H groups in total. The van der Waals surface area contributed by atoms with E-state index in [4.69, 9.17) is 22.1 Å². The summed E-state index contributed by atoms with van der Waals surface area (Å²) in [6.07, 6.45) is -0.648. The highest BCUT2D eigenvalue weighted by atomic mass is 35.5.